The summed E-state index contributed by atoms with van der Waals surface area (Å²) in [4.78, 5) is 30.6. The van der Waals surface area contributed by atoms with Gasteiger partial charge in [-0.05, 0) is 72.7 Å². The fourth-order valence-corrected chi connectivity index (χ4v) is 6.91. The van der Waals surface area contributed by atoms with Gasteiger partial charge in [0.1, 0.15) is 11.9 Å². The van der Waals surface area contributed by atoms with Crippen LogP contribution < -0.4 is 14.9 Å². The second-order valence-electron chi connectivity index (χ2n) is 10.8. The zero-order valence-electron chi connectivity index (χ0n) is 22.3. The number of benzene rings is 2. The third-order valence-electron chi connectivity index (χ3n) is 8.11. The molecular weight excluding hydrogens is 531 g/mol. The van der Waals surface area contributed by atoms with Gasteiger partial charge < -0.3 is 10.6 Å². The van der Waals surface area contributed by atoms with E-state index in [2.05, 4.69) is 15.6 Å². The molecule has 210 valence electrons. The number of pyridine rings is 1. The topological polar surface area (TPSA) is 108 Å². The van der Waals surface area contributed by atoms with Crippen molar-refractivity contribution in [3.05, 3.63) is 95.6 Å². The lowest BCUT2D eigenvalue weighted by atomic mass is 9.67. The molecule has 1 aliphatic heterocycles. The van der Waals surface area contributed by atoms with Gasteiger partial charge in [-0.15, -0.1) is 0 Å². The zero-order valence-corrected chi connectivity index (χ0v) is 23.2. The van der Waals surface area contributed by atoms with E-state index in [9.17, 15) is 22.4 Å². The van der Waals surface area contributed by atoms with Gasteiger partial charge in [0.05, 0.1) is 11.9 Å². The van der Waals surface area contributed by atoms with Gasteiger partial charge in [-0.2, -0.15) is 0 Å². The van der Waals surface area contributed by atoms with E-state index < -0.39 is 16.1 Å². The normalized spacial score (nSPS) is 21.1. The highest BCUT2D eigenvalue weighted by Gasteiger charge is 2.48. The molecule has 10 heteroatoms. The Morgan fingerprint density at radius 2 is 1.70 bits per heavy atom. The van der Waals surface area contributed by atoms with Crippen LogP contribution in [0.5, 0.6) is 0 Å². The standard InChI is InChI=1S/C30H33FN4O4S/c1-40(38,39)35-20-30(25-4-2-3-5-27(25)35)14-10-23(11-15-30)28(36)34-26(18-21-6-8-24(31)9-7-21)29(37)33-19-22-12-16-32-17-13-22/h2-9,12-13,16-17,23,26H,10-11,14-15,18-20H2,1H3,(H,33,37)(H,34,36)/t23-,26?,30-. The number of aromatic nitrogens is 1. The molecule has 8 nitrogen and oxygen atoms in total. The summed E-state index contributed by atoms with van der Waals surface area (Å²) in [5, 5.41) is 5.84. The SMILES string of the molecule is CS(=O)(=O)N1C[C@]2(CC[C@@H](C(=O)NC(Cc3ccc(F)cc3)C(=O)NCc3ccncc3)CC2)c2ccccc21. The lowest BCUT2D eigenvalue weighted by Gasteiger charge is -2.37. The van der Waals surface area contributed by atoms with Crippen molar-refractivity contribution in [1.82, 2.24) is 15.6 Å². The quantitative estimate of drug-likeness (QED) is 0.436. The van der Waals surface area contributed by atoms with Crippen LogP contribution in [-0.4, -0.2) is 44.1 Å². The molecule has 1 spiro atoms. The van der Waals surface area contributed by atoms with Gasteiger partial charge in [0, 0.05) is 43.2 Å². The number of carbonyl (C=O) groups is 2. The molecule has 1 aromatic heterocycles. The van der Waals surface area contributed by atoms with E-state index in [1.165, 1.54) is 22.7 Å². The van der Waals surface area contributed by atoms with E-state index in [1.807, 2.05) is 24.3 Å². The summed E-state index contributed by atoms with van der Waals surface area (Å²) in [7, 11) is -3.42. The van der Waals surface area contributed by atoms with E-state index in [1.54, 1.807) is 36.7 Å². The Morgan fingerprint density at radius 3 is 2.38 bits per heavy atom. The number of nitrogens with zero attached hydrogens (tertiary/aromatic N) is 2. The van der Waals surface area contributed by atoms with Crippen molar-refractivity contribution < 1.29 is 22.4 Å². The van der Waals surface area contributed by atoms with Crippen LogP contribution in [0.3, 0.4) is 0 Å². The third kappa shape index (κ3) is 6.01. The summed E-state index contributed by atoms with van der Waals surface area (Å²) in [6, 6.07) is 16.3. The molecule has 1 fully saturated rings. The fourth-order valence-electron chi connectivity index (χ4n) is 5.91. The van der Waals surface area contributed by atoms with E-state index in [-0.39, 0.29) is 35.4 Å². The molecule has 2 heterocycles. The number of hydrogen-bond acceptors (Lipinski definition) is 5. The van der Waals surface area contributed by atoms with Gasteiger partial charge in [0.2, 0.25) is 21.8 Å². The van der Waals surface area contributed by atoms with Crippen LogP contribution in [0.2, 0.25) is 0 Å². The molecule has 2 aromatic carbocycles. The maximum absolute atomic E-state index is 13.5. The Bertz CT molecular complexity index is 1470. The maximum Gasteiger partial charge on any atom is 0.243 e. The van der Waals surface area contributed by atoms with E-state index >= 15 is 0 Å². The highest BCUT2D eigenvalue weighted by molar-refractivity contribution is 7.92. The Morgan fingerprint density at radius 1 is 1.02 bits per heavy atom. The first kappa shape index (κ1) is 27.8. The molecule has 0 radical (unpaired) electrons. The first-order valence-corrected chi connectivity index (χ1v) is 15.3. The predicted octanol–water partition coefficient (Wildman–Crippen LogP) is 3.47. The number of nitrogens with one attached hydrogen (secondary N) is 2. The summed E-state index contributed by atoms with van der Waals surface area (Å²) in [6.45, 7) is 0.670. The smallest absolute Gasteiger partial charge is 0.243 e. The largest absolute Gasteiger partial charge is 0.350 e. The molecule has 1 saturated carbocycles. The monoisotopic (exact) mass is 564 g/mol. The minimum atomic E-state index is -3.42. The number of rotatable bonds is 8. The number of sulfonamides is 1. The van der Waals surface area contributed by atoms with E-state index in [0.29, 0.717) is 38.8 Å². The first-order chi connectivity index (χ1) is 19.1. The Hall–Kier alpha value is -3.79. The molecule has 40 heavy (non-hydrogen) atoms. The van der Waals surface area contributed by atoms with Crippen molar-refractivity contribution in [2.24, 2.45) is 5.92 Å². The molecule has 0 saturated heterocycles. The van der Waals surface area contributed by atoms with Gasteiger partial charge in [-0.25, -0.2) is 12.8 Å². The van der Waals surface area contributed by atoms with E-state index in [4.69, 9.17) is 0 Å². The summed E-state index contributed by atoms with van der Waals surface area (Å²) < 4.78 is 39.9. The summed E-state index contributed by atoms with van der Waals surface area (Å²) in [5.41, 5.74) is 3.03. The number of amides is 2. The van der Waals surface area contributed by atoms with Gasteiger partial charge in [0.15, 0.2) is 0 Å². The number of carbonyl (C=O) groups excluding carboxylic acids is 2. The number of fused-ring (bicyclic) bond motifs is 2. The second-order valence-corrected chi connectivity index (χ2v) is 12.7. The van der Waals surface area contributed by atoms with Crippen LogP contribution in [0.15, 0.2) is 73.1 Å². The number of halogens is 1. The summed E-state index contributed by atoms with van der Waals surface area (Å²) >= 11 is 0. The van der Waals surface area contributed by atoms with Crippen LogP contribution >= 0.6 is 0 Å². The van der Waals surface area contributed by atoms with Gasteiger partial charge in [-0.3, -0.25) is 18.9 Å². The van der Waals surface area contributed by atoms with Crippen molar-refractivity contribution >= 4 is 27.5 Å². The van der Waals surface area contributed by atoms with Crippen molar-refractivity contribution in [3.8, 4) is 0 Å². The maximum atomic E-state index is 13.5. The van der Waals surface area contributed by atoms with Crippen molar-refractivity contribution in [3.63, 3.8) is 0 Å². The second kappa shape index (κ2) is 11.4. The lowest BCUT2D eigenvalue weighted by molar-refractivity contribution is -0.132. The molecule has 1 aliphatic carbocycles. The molecule has 5 rings (SSSR count). The molecule has 2 N–H and O–H groups in total. The van der Waals surface area contributed by atoms with E-state index in [0.717, 1.165) is 22.4 Å². The average Bonchev–Trinajstić information content (AvgIpc) is 3.28. The highest BCUT2D eigenvalue weighted by atomic mass is 32.2. The predicted molar refractivity (Wildman–Crippen MR) is 150 cm³/mol. The van der Waals surface area contributed by atoms with Crippen LogP contribution in [0.25, 0.3) is 0 Å². The molecular formula is C30H33FN4O4S. The molecule has 2 amide bonds. The molecule has 2 aliphatic rings. The number of para-hydroxylation sites is 1. The van der Waals surface area contributed by atoms with Crippen LogP contribution in [0.4, 0.5) is 10.1 Å². The van der Waals surface area contributed by atoms with Crippen molar-refractivity contribution in [2.45, 2.75) is 50.1 Å². The number of anilines is 1. The zero-order chi connectivity index (χ0) is 28.3. The summed E-state index contributed by atoms with van der Waals surface area (Å²) in [6.07, 6.45) is 7.25. The highest BCUT2D eigenvalue weighted by Crippen LogP contribution is 2.50. The molecule has 1 atom stereocenters. The molecule has 1 unspecified atom stereocenters. The Kier molecular flexibility index (Phi) is 7.89. The Labute approximate surface area is 234 Å². The fraction of sp³-hybridized carbons (Fsp3) is 0.367. The van der Waals surface area contributed by atoms with Crippen molar-refractivity contribution in [1.29, 1.82) is 0 Å². The van der Waals surface area contributed by atoms with Gasteiger partial charge in [0.25, 0.3) is 0 Å². The lowest BCUT2D eigenvalue weighted by Crippen LogP contribution is -2.50. The first-order valence-electron chi connectivity index (χ1n) is 13.4. The van der Waals surface area contributed by atoms with Crippen LogP contribution in [0, 0.1) is 11.7 Å². The minimum absolute atomic E-state index is 0.202. The van der Waals surface area contributed by atoms with Crippen LogP contribution in [0.1, 0.15) is 42.4 Å². The van der Waals surface area contributed by atoms with Crippen LogP contribution in [-0.2, 0) is 38.0 Å². The number of hydrogen-bond donors (Lipinski definition) is 2. The Balaban J connectivity index is 1.27. The minimum Gasteiger partial charge on any atom is -0.350 e. The van der Waals surface area contributed by atoms with Gasteiger partial charge >= 0.3 is 0 Å². The van der Waals surface area contributed by atoms with Crippen molar-refractivity contribution in [2.75, 3.05) is 17.1 Å². The third-order valence-corrected chi connectivity index (χ3v) is 9.23. The molecule has 0 bridgehead atoms. The average molecular weight is 565 g/mol. The van der Waals surface area contributed by atoms with Gasteiger partial charge in [-0.1, -0.05) is 30.3 Å². The summed E-state index contributed by atoms with van der Waals surface area (Å²) in [5.74, 6) is -1.19. The molecule has 3 aromatic rings.